The van der Waals surface area contributed by atoms with Crippen LogP contribution in [-0.4, -0.2) is 61.2 Å². The summed E-state index contributed by atoms with van der Waals surface area (Å²) < 4.78 is 5.33. The summed E-state index contributed by atoms with van der Waals surface area (Å²) in [6.45, 7) is 4.14. The predicted octanol–water partition coefficient (Wildman–Crippen LogP) is 0.362. The Bertz CT molecular complexity index is 219. The Kier molecular flexibility index (Phi) is 6.49. The number of nitrogens with one attached hydrogen (secondary N) is 1. The fourth-order valence-electron chi connectivity index (χ4n) is 1.90. The molecule has 1 N–H and O–H groups in total. The number of morpholine rings is 1. The third-order valence-corrected chi connectivity index (χ3v) is 3.73. The van der Waals surface area contributed by atoms with E-state index in [0.29, 0.717) is 13.0 Å². The van der Waals surface area contributed by atoms with Gasteiger partial charge in [-0.2, -0.15) is 11.8 Å². The van der Waals surface area contributed by atoms with Crippen LogP contribution in [0.5, 0.6) is 0 Å². The Labute approximate surface area is 107 Å². The van der Waals surface area contributed by atoms with Crippen molar-refractivity contribution in [2.45, 2.75) is 12.5 Å². The molecule has 2 rings (SSSR count). The third-order valence-electron chi connectivity index (χ3n) is 2.78. The highest BCUT2D eigenvalue weighted by Crippen LogP contribution is 2.11. The fraction of sp³-hybridized carbons (Fsp3) is 0.900. The van der Waals surface area contributed by atoms with E-state index >= 15 is 0 Å². The van der Waals surface area contributed by atoms with E-state index in [4.69, 9.17) is 4.74 Å². The highest BCUT2D eigenvalue weighted by Gasteiger charge is 2.22. The van der Waals surface area contributed by atoms with Gasteiger partial charge in [-0.1, -0.05) is 0 Å². The molecule has 0 radical (unpaired) electrons. The number of halogens is 1. The number of amides is 1. The first kappa shape index (κ1) is 14.1. The van der Waals surface area contributed by atoms with E-state index < -0.39 is 0 Å². The van der Waals surface area contributed by atoms with Crippen molar-refractivity contribution in [3.63, 3.8) is 0 Å². The zero-order valence-electron chi connectivity index (χ0n) is 9.31. The van der Waals surface area contributed by atoms with E-state index in [1.165, 1.54) is 0 Å². The molecule has 6 heteroatoms. The maximum Gasteiger partial charge on any atom is 0.224 e. The lowest BCUT2D eigenvalue weighted by atomic mass is 10.2. The van der Waals surface area contributed by atoms with Gasteiger partial charge in [0.15, 0.2) is 0 Å². The van der Waals surface area contributed by atoms with E-state index in [1.54, 1.807) is 0 Å². The van der Waals surface area contributed by atoms with Gasteiger partial charge in [0.25, 0.3) is 0 Å². The van der Waals surface area contributed by atoms with Gasteiger partial charge in [-0.05, 0) is 0 Å². The number of ether oxygens (including phenoxy) is 1. The minimum absolute atomic E-state index is 0. The summed E-state index contributed by atoms with van der Waals surface area (Å²) in [6.07, 6.45) is 0.588. The Morgan fingerprint density at radius 1 is 1.44 bits per heavy atom. The minimum Gasteiger partial charge on any atom is -0.378 e. The summed E-state index contributed by atoms with van der Waals surface area (Å²) in [5.41, 5.74) is 0. The van der Waals surface area contributed by atoms with E-state index in [1.807, 2.05) is 16.7 Å². The zero-order chi connectivity index (χ0) is 10.5. The Hall–Kier alpha value is 0.0300. The molecule has 1 amide bonds. The van der Waals surface area contributed by atoms with Gasteiger partial charge < -0.3 is 15.0 Å². The van der Waals surface area contributed by atoms with Crippen molar-refractivity contribution in [2.75, 3.05) is 44.4 Å². The number of rotatable bonds is 2. The maximum absolute atomic E-state index is 11.9. The fourth-order valence-corrected chi connectivity index (χ4v) is 2.81. The molecule has 2 aliphatic rings. The maximum atomic E-state index is 11.9. The zero-order valence-corrected chi connectivity index (χ0v) is 10.9. The second kappa shape index (κ2) is 7.37. The van der Waals surface area contributed by atoms with Crippen LogP contribution >= 0.6 is 24.2 Å². The minimum atomic E-state index is 0. The second-order valence-electron chi connectivity index (χ2n) is 3.92. The molecule has 94 valence electrons. The summed E-state index contributed by atoms with van der Waals surface area (Å²) >= 11 is 1.93. The number of carbonyl (C=O) groups is 1. The summed E-state index contributed by atoms with van der Waals surface area (Å²) in [5, 5.41) is 3.31. The molecule has 16 heavy (non-hydrogen) atoms. The largest absolute Gasteiger partial charge is 0.378 e. The molecule has 0 aliphatic carbocycles. The van der Waals surface area contributed by atoms with Crippen LogP contribution in [0, 0.1) is 0 Å². The van der Waals surface area contributed by atoms with E-state index in [9.17, 15) is 4.79 Å². The van der Waals surface area contributed by atoms with Gasteiger partial charge in [-0.25, -0.2) is 0 Å². The standard InChI is InChI=1S/C10H18N2O2S.ClH/c13-10(12-2-5-15-6-3-12)7-9-8-14-4-1-11-9;/h9,11H,1-8H2;1H. The van der Waals surface area contributed by atoms with Crippen LogP contribution in [0.3, 0.4) is 0 Å². The molecule has 0 aromatic heterocycles. The van der Waals surface area contributed by atoms with Crippen molar-refractivity contribution in [1.29, 1.82) is 0 Å². The molecule has 0 aromatic carbocycles. The number of nitrogens with zero attached hydrogens (tertiary/aromatic N) is 1. The van der Waals surface area contributed by atoms with Crippen LogP contribution in [0.2, 0.25) is 0 Å². The van der Waals surface area contributed by atoms with Crippen molar-refractivity contribution >= 4 is 30.1 Å². The smallest absolute Gasteiger partial charge is 0.224 e. The number of thioether (sulfide) groups is 1. The van der Waals surface area contributed by atoms with Crippen LogP contribution < -0.4 is 5.32 Å². The SMILES string of the molecule is Cl.O=C(CC1COCCN1)N1CCSCC1. The van der Waals surface area contributed by atoms with Gasteiger partial charge in [0, 0.05) is 43.6 Å². The van der Waals surface area contributed by atoms with Gasteiger partial charge in [-0.3, -0.25) is 4.79 Å². The summed E-state index contributed by atoms with van der Waals surface area (Å²) in [5.74, 6) is 2.44. The lowest BCUT2D eigenvalue weighted by molar-refractivity contribution is -0.132. The lowest BCUT2D eigenvalue weighted by Gasteiger charge is -2.29. The first-order valence-electron chi connectivity index (χ1n) is 5.53. The molecule has 1 unspecified atom stereocenters. The second-order valence-corrected chi connectivity index (χ2v) is 5.15. The van der Waals surface area contributed by atoms with Crippen molar-refractivity contribution < 1.29 is 9.53 Å². The van der Waals surface area contributed by atoms with Crippen LogP contribution in [0.15, 0.2) is 0 Å². The number of hydrogen-bond acceptors (Lipinski definition) is 4. The molecule has 0 aromatic rings. The lowest BCUT2D eigenvalue weighted by Crippen LogP contribution is -2.46. The Morgan fingerprint density at radius 3 is 2.81 bits per heavy atom. The van der Waals surface area contributed by atoms with Gasteiger partial charge in [0.1, 0.15) is 0 Å². The molecule has 0 saturated carbocycles. The van der Waals surface area contributed by atoms with Crippen molar-refractivity contribution in [3.05, 3.63) is 0 Å². The Morgan fingerprint density at radius 2 is 2.19 bits per heavy atom. The molecule has 0 bridgehead atoms. The monoisotopic (exact) mass is 266 g/mol. The molecule has 4 nitrogen and oxygen atoms in total. The average Bonchev–Trinajstić information content (AvgIpc) is 2.31. The van der Waals surface area contributed by atoms with Crippen LogP contribution in [0.1, 0.15) is 6.42 Å². The normalized spacial score (nSPS) is 26.0. The molecule has 2 saturated heterocycles. The van der Waals surface area contributed by atoms with E-state index in [0.717, 1.165) is 37.7 Å². The van der Waals surface area contributed by atoms with Gasteiger partial charge in [0.2, 0.25) is 5.91 Å². The van der Waals surface area contributed by atoms with Crippen LogP contribution in [0.4, 0.5) is 0 Å². The number of hydrogen-bond donors (Lipinski definition) is 1. The molecule has 2 fully saturated rings. The molecular weight excluding hydrogens is 248 g/mol. The third kappa shape index (κ3) is 4.13. The van der Waals surface area contributed by atoms with Gasteiger partial charge in [0.05, 0.1) is 13.2 Å². The number of carbonyl (C=O) groups excluding carboxylic acids is 1. The van der Waals surface area contributed by atoms with Crippen LogP contribution in [-0.2, 0) is 9.53 Å². The van der Waals surface area contributed by atoms with Crippen molar-refractivity contribution in [3.8, 4) is 0 Å². The van der Waals surface area contributed by atoms with Crippen molar-refractivity contribution in [2.24, 2.45) is 0 Å². The van der Waals surface area contributed by atoms with Gasteiger partial charge in [-0.15, -0.1) is 12.4 Å². The average molecular weight is 267 g/mol. The molecule has 0 spiro atoms. The first-order chi connectivity index (χ1) is 7.36. The first-order valence-corrected chi connectivity index (χ1v) is 6.68. The van der Waals surface area contributed by atoms with Gasteiger partial charge >= 0.3 is 0 Å². The summed E-state index contributed by atoms with van der Waals surface area (Å²) in [4.78, 5) is 13.9. The van der Waals surface area contributed by atoms with E-state index in [-0.39, 0.29) is 24.4 Å². The summed E-state index contributed by atoms with van der Waals surface area (Å²) in [7, 11) is 0. The molecule has 1 atom stereocenters. The van der Waals surface area contributed by atoms with E-state index in [2.05, 4.69) is 5.32 Å². The summed E-state index contributed by atoms with van der Waals surface area (Å²) in [6, 6.07) is 0.223. The van der Waals surface area contributed by atoms with Crippen molar-refractivity contribution in [1.82, 2.24) is 10.2 Å². The molecule has 2 heterocycles. The predicted molar refractivity (Wildman–Crippen MR) is 68.4 cm³/mol. The Balaban J connectivity index is 0.00000128. The van der Waals surface area contributed by atoms with Crippen LogP contribution in [0.25, 0.3) is 0 Å². The molecular formula is C10H19ClN2O2S. The molecule has 2 aliphatic heterocycles. The highest BCUT2D eigenvalue weighted by molar-refractivity contribution is 7.99. The highest BCUT2D eigenvalue weighted by atomic mass is 35.5. The quantitative estimate of drug-likeness (QED) is 0.784. The topological polar surface area (TPSA) is 41.6 Å².